The van der Waals surface area contributed by atoms with Gasteiger partial charge in [0.1, 0.15) is 0 Å². The smallest absolute Gasteiger partial charge is 0.250 e. The summed E-state index contributed by atoms with van der Waals surface area (Å²) in [6.45, 7) is 6.58. The molecule has 156 valence electrons. The second-order valence-electron chi connectivity index (χ2n) is 8.18. The number of nitrogens with zero attached hydrogens (tertiary/aromatic N) is 3. The zero-order valence-corrected chi connectivity index (χ0v) is 19.5. The average molecular weight is 506 g/mol. The fourth-order valence-electron chi connectivity index (χ4n) is 4.33. The van der Waals surface area contributed by atoms with Crippen LogP contribution in [-0.2, 0) is 13.1 Å². The van der Waals surface area contributed by atoms with Crippen LogP contribution >= 0.6 is 24.0 Å². The normalized spacial score (nSPS) is 17.7. The van der Waals surface area contributed by atoms with Gasteiger partial charge in [-0.15, -0.1) is 24.0 Å². The summed E-state index contributed by atoms with van der Waals surface area (Å²) in [5, 5.41) is 3.47. The van der Waals surface area contributed by atoms with Gasteiger partial charge in [0.15, 0.2) is 5.96 Å². The van der Waals surface area contributed by atoms with Crippen LogP contribution in [0.4, 0.5) is 0 Å². The minimum atomic E-state index is 0. The molecule has 2 fully saturated rings. The number of rotatable bonds is 5. The highest BCUT2D eigenvalue weighted by atomic mass is 127. The van der Waals surface area contributed by atoms with Crippen LogP contribution in [0.3, 0.4) is 0 Å². The van der Waals surface area contributed by atoms with Gasteiger partial charge < -0.3 is 14.8 Å². The van der Waals surface area contributed by atoms with Gasteiger partial charge in [0, 0.05) is 31.9 Å². The Labute approximate surface area is 190 Å². The van der Waals surface area contributed by atoms with E-state index >= 15 is 0 Å². The molecule has 4 rings (SSSR count). The van der Waals surface area contributed by atoms with E-state index in [1.54, 1.807) is 16.7 Å². The number of halogens is 1. The van der Waals surface area contributed by atoms with Crippen molar-refractivity contribution in [3.8, 4) is 0 Å². The Morgan fingerprint density at radius 2 is 1.86 bits per heavy atom. The summed E-state index contributed by atoms with van der Waals surface area (Å²) < 4.78 is 1.72. The first-order valence-electron chi connectivity index (χ1n) is 10.4. The number of aliphatic imine (C=N–C) groups is 1. The summed E-state index contributed by atoms with van der Waals surface area (Å²) in [5.41, 5.74) is 2.92. The van der Waals surface area contributed by atoms with Gasteiger partial charge in [0.25, 0.3) is 5.56 Å². The van der Waals surface area contributed by atoms with Crippen LogP contribution < -0.4 is 10.9 Å². The summed E-state index contributed by atoms with van der Waals surface area (Å²) in [6.07, 6.45) is 7.30. The third-order valence-corrected chi connectivity index (χ3v) is 6.17. The van der Waals surface area contributed by atoms with Crippen LogP contribution in [-0.4, -0.2) is 35.1 Å². The van der Waals surface area contributed by atoms with Gasteiger partial charge in [-0.25, -0.2) is 4.99 Å². The molecule has 1 aromatic carbocycles. The molecule has 1 aliphatic heterocycles. The van der Waals surface area contributed by atoms with Gasteiger partial charge in [-0.2, -0.15) is 0 Å². The second-order valence-corrected chi connectivity index (χ2v) is 8.18. The highest BCUT2D eigenvalue weighted by Crippen LogP contribution is 2.47. The van der Waals surface area contributed by atoms with Crippen molar-refractivity contribution in [2.75, 3.05) is 19.6 Å². The predicted molar refractivity (Wildman–Crippen MR) is 129 cm³/mol. The van der Waals surface area contributed by atoms with Crippen molar-refractivity contribution < 1.29 is 0 Å². The maximum atomic E-state index is 11.9. The van der Waals surface area contributed by atoms with Crippen molar-refractivity contribution in [3.05, 3.63) is 70.1 Å². The lowest BCUT2D eigenvalue weighted by Crippen LogP contribution is -2.42. The molecule has 1 aliphatic carbocycles. The van der Waals surface area contributed by atoms with Gasteiger partial charge in [0.2, 0.25) is 0 Å². The number of nitrogens with one attached hydrogen (secondary N) is 1. The lowest BCUT2D eigenvalue weighted by atomic mass is 9.68. The Hall–Kier alpha value is -1.83. The fourth-order valence-corrected chi connectivity index (χ4v) is 4.33. The number of benzene rings is 1. The fraction of sp³-hybridized carbons (Fsp3) is 0.478. The molecular formula is C23H31IN4O. The van der Waals surface area contributed by atoms with Crippen LogP contribution in [0.1, 0.15) is 43.7 Å². The predicted octanol–water partition coefficient (Wildman–Crippen LogP) is 3.86. The van der Waals surface area contributed by atoms with Crippen molar-refractivity contribution in [2.24, 2.45) is 10.4 Å². The summed E-state index contributed by atoms with van der Waals surface area (Å²) in [7, 11) is 0. The minimum Gasteiger partial charge on any atom is -0.357 e. The van der Waals surface area contributed by atoms with E-state index in [9.17, 15) is 4.79 Å². The van der Waals surface area contributed by atoms with E-state index in [-0.39, 0.29) is 29.5 Å². The first-order valence-corrected chi connectivity index (χ1v) is 10.4. The average Bonchev–Trinajstić information content (AvgIpc) is 3.14. The van der Waals surface area contributed by atoms with Crippen molar-refractivity contribution >= 4 is 29.9 Å². The topological polar surface area (TPSA) is 49.6 Å². The van der Waals surface area contributed by atoms with Crippen LogP contribution in [0.2, 0.25) is 0 Å². The van der Waals surface area contributed by atoms with Crippen LogP contribution in [0.5, 0.6) is 0 Å². The van der Waals surface area contributed by atoms with Crippen LogP contribution in [0, 0.1) is 5.41 Å². The molecule has 0 bridgehead atoms. The van der Waals surface area contributed by atoms with Gasteiger partial charge in [-0.05, 0) is 48.8 Å². The molecular weight excluding hydrogens is 475 g/mol. The van der Waals surface area contributed by atoms with E-state index in [1.165, 1.54) is 31.2 Å². The van der Waals surface area contributed by atoms with E-state index in [1.807, 2.05) is 12.3 Å². The van der Waals surface area contributed by atoms with E-state index in [0.717, 1.165) is 31.2 Å². The Bertz CT molecular complexity index is 886. The Morgan fingerprint density at radius 1 is 1.10 bits per heavy atom. The van der Waals surface area contributed by atoms with E-state index in [2.05, 4.69) is 41.4 Å². The number of hydrogen-bond donors (Lipinski definition) is 1. The molecule has 0 atom stereocenters. The maximum absolute atomic E-state index is 11.9. The highest BCUT2D eigenvalue weighted by Gasteiger charge is 2.43. The van der Waals surface area contributed by atoms with Gasteiger partial charge in [0.05, 0.1) is 13.1 Å². The third kappa shape index (κ3) is 5.21. The molecule has 1 N–H and O–H groups in total. The van der Waals surface area contributed by atoms with Crippen molar-refractivity contribution in [1.29, 1.82) is 0 Å². The molecule has 2 aromatic rings. The molecule has 0 unspecified atom stereocenters. The lowest BCUT2D eigenvalue weighted by Gasteiger charge is -2.38. The number of guanidine groups is 1. The summed E-state index contributed by atoms with van der Waals surface area (Å²) >= 11 is 0. The molecule has 5 nitrogen and oxygen atoms in total. The number of aromatic nitrogens is 1. The molecule has 1 spiro atoms. The molecule has 0 amide bonds. The second kappa shape index (κ2) is 9.78. The Morgan fingerprint density at radius 3 is 2.48 bits per heavy atom. The first-order chi connectivity index (χ1) is 13.7. The molecule has 2 heterocycles. The highest BCUT2D eigenvalue weighted by molar-refractivity contribution is 14.0. The van der Waals surface area contributed by atoms with Gasteiger partial charge in [-0.1, -0.05) is 36.8 Å². The third-order valence-electron chi connectivity index (χ3n) is 6.17. The first kappa shape index (κ1) is 21.9. The summed E-state index contributed by atoms with van der Waals surface area (Å²) in [6, 6.07) is 13.7. The molecule has 2 aliphatic rings. The largest absolute Gasteiger partial charge is 0.357 e. The minimum absolute atomic E-state index is 0. The molecule has 29 heavy (non-hydrogen) atoms. The molecule has 1 saturated heterocycles. The van der Waals surface area contributed by atoms with Crippen molar-refractivity contribution in [2.45, 2.75) is 45.7 Å². The number of pyridine rings is 1. The molecule has 6 heteroatoms. The zero-order valence-electron chi connectivity index (χ0n) is 17.1. The maximum Gasteiger partial charge on any atom is 0.250 e. The summed E-state index contributed by atoms with van der Waals surface area (Å²) in [4.78, 5) is 19.2. The van der Waals surface area contributed by atoms with Crippen LogP contribution in [0.15, 0.2) is 58.4 Å². The molecule has 1 aromatic heterocycles. The quantitative estimate of drug-likeness (QED) is 0.381. The monoisotopic (exact) mass is 506 g/mol. The lowest BCUT2D eigenvalue weighted by molar-refractivity contribution is 0.151. The van der Waals surface area contributed by atoms with Crippen molar-refractivity contribution in [1.82, 2.24) is 14.8 Å². The standard InChI is InChI=1S/C23H30N4O.HI/c1-2-24-22(27-15-13-23(18-27)11-5-12-23)25-16-19-7-9-20(10-8-19)17-26-14-4-3-6-21(26)28;/h3-4,6-10,14H,2,5,11-13,15-18H2,1H3,(H,24,25);1H. The SMILES string of the molecule is CCNC(=NCc1ccc(Cn2ccccc2=O)cc1)N1CCC2(CCC2)C1.I. The Balaban J connectivity index is 0.00000240. The number of likely N-dealkylation sites (tertiary alicyclic amines) is 1. The molecule has 1 saturated carbocycles. The van der Waals surface area contributed by atoms with E-state index < -0.39 is 0 Å². The van der Waals surface area contributed by atoms with E-state index in [0.29, 0.717) is 18.5 Å². The van der Waals surface area contributed by atoms with Gasteiger partial charge in [-0.3, -0.25) is 4.79 Å². The van der Waals surface area contributed by atoms with Gasteiger partial charge >= 0.3 is 0 Å². The summed E-state index contributed by atoms with van der Waals surface area (Å²) in [5.74, 6) is 1.05. The van der Waals surface area contributed by atoms with Crippen molar-refractivity contribution in [3.63, 3.8) is 0 Å². The number of hydrogen-bond acceptors (Lipinski definition) is 2. The molecule has 0 radical (unpaired) electrons. The van der Waals surface area contributed by atoms with E-state index in [4.69, 9.17) is 4.99 Å². The Kier molecular flexibility index (Phi) is 7.38. The zero-order chi connectivity index (χ0) is 19.4. The van der Waals surface area contributed by atoms with Crippen LogP contribution in [0.25, 0.3) is 0 Å².